The predicted octanol–water partition coefficient (Wildman–Crippen LogP) is 2.78. The molecule has 0 saturated carbocycles. The number of benzene rings is 2. The molecule has 0 unspecified atom stereocenters. The second-order valence-electron chi connectivity index (χ2n) is 7.39. The summed E-state index contributed by atoms with van der Waals surface area (Å²) >= 11 is 0. The van der Waals surface area contributed by atoms with Gasteiger partial charge in [0.1, 0.15) is 5.82 Å². The third kappa shape index (κ3) is 5.37. The van der Waals surface area contributed by atoms with Crippen LogP contribution in [0.15, 0.2) is 48.5 Å². The first-order valence-electron chi connectivity index (χ1n) is 9.48. The van der Waals surface area contributed by atoms with Gasteiger partial charge in [-0.25, -0.2) is 4.39 Å². The Kier molecular flexibility index (Phi) is 6.24. The molecule has 1 amide bonds. The summed E-state index contributed by atoms with van der Waals surface area (Å²) in [5.41, 5.74) is 2.08. The minimum atomic E-state index is -0.890. The van der Waals surface area contributed by atoms with Gasteiger partial charge < -0.3 is 15.3 Å². The van der Waals surface area contributed by atoms with Crippen molar-refractivity contribution in [2.24, 2.45) is 0 Å². The molecule has 27 heavy (non-hydrogen) atoms. The van der Waals surface area contributed by atoms with Crippen LogP contribution in [0.2, 0.25) is 0 Å². The molecule has 0 radical (unpaired) electrons. The minimum absolute atomic E-state index is 0.0266. The van der Waals surface area contributed by atoms with Crippen LogP contribution in [-0.2, 0) is 16.8 Å². The monoisotopic (exact) mass is 370 g/mol. The van der Waals surface area contributed by atoms with Gasteiger partial charge in [-0.05, 0) is 43.0 Å². The Labute approximate surface area is 160 Å². The predicted molar refractivity (Wildman–Crippen MR) is 104 cm³/mol. The quantitative estimate of drug-likeness (QED) is 0.822. The van der Waals surface area contributed by atoms with Crippen molar-refractivity contribution in [2.75, 3.05) is 26.2 Å². The number of aliphatic hydroxyl groups is 1. The molecule has 2 aromatic carbocycles. The van der Waals surface area contributed by atoms with Gasteiger partial charge in [-0.1, -0.05) is 42.0 Å². The van der Waals surface area contributed by atoms with Crippen molar-refractivity contribution < 1.29 is 14.3 Å². The lowest BCUT2D eigenvalue weighted by atomic mass is 9.84. The van der Waals surface area contributed by atoms with E-state index in [0.717, 1.165) is 30.8 Å². The molecule has 2 aromatic rings. The first-order chi connectivity index (χ1) is 12.9. The van der Waals surface area contributed by atoms with Crippen LogP contribution in [0.1, 0.15) is 29.5 Å². The molecule has 0 aromatic heterocycles. The van der Waals surface area contributed by atoms with Gasteiger partial charge in [-0.2, -0.15) is 0 Å². The number of halogens is 1. The SMILES string of the molecule is Cc1ccc(CC(=O)NCCN2CCC(O)(c3ccc(F)cc3)CC2)cc1. The number of rotatable bonds is 6. The van der Waals surface area contributed by atoms with Crippen molar-refractivity contribution in [3.8, 4) is 0 Å². The fraction of sp³-hybridized carbons (Fsp3) is 0.409. The van der Waals surface area contributed by atoms with Gasteiger partial charge in [-0.3, -0.25) is 4.79 Å². The van der Waals surface area contributed by atoms with E-state index >= 15 is 0 Å². The van der Waals surface area contributed by atoms with Crippen molar-refractivity contribution in [1.82, 2.24) is 10.2 Å². The molecule has 1 fully saturated rings. The highest BCUT2D eigenvalue weighted by molar-refractivity contribution is 5.78. The molecule has 0 spiro atoms. The van der Waals surface area contributed by atoms with Crippen molar-refractivity contribution in [3.63, 3.8) is 0 Å². The van der Waals surface area contributed by atoms with E-state index in [2.05, 4.69) is 10.2 Å². The van der Waals surface area contributed by atoms with Crippen molar-refractivity contribution in [2.45, 2.75) is 31.8 Å². The Morgan fingerprint density at radius 2 is 1.74 bits per heavy atom. The summed E-state index contributed by atoms with van der Waals surface area (Å²) in [5, 5.41) is 13.8. The summed E-state index contributed by atoms with van der Waals surface area (Å²) in [6.45, 7) is 4.89. The Balaban J connectivity index is 1.40. The summed E-state index contributed by atoms with van der Waals surface area (Å²) < 4.78 is 13.1. The maximum atomic E-state index is 13.1. The summed E-state index contributed by atoms with van der Waals surface area (Å²) in [7, 11) is 0. The van der Waals surface area contributed by atoms with Crippen molar-refractivity contribution >= 4 is 5.91 Å². The zero-order valence-corrected chi connectivity index (χ0v) is 15.7. The average molecular weight is 370 g/mol. The molecule has 0 aliphatic carbocycles. The second kappa shape index (κ2) is 8.63. The first kappa shape index (κ1) is 19.5. The molecular weight excluding hydrogens is 343 g/mol. The van der Waals surface area contributed by atoms with Crippen LogP contribution in [0.3, 0.4) is 0 Å². The zero-order chi connectivity index (χ0) is 19.3. The maximum absolute atomic E-state index is 13.1. The van der Waals surface area contributed by atoms with Crippen LogP contribution in [0.4, 0.5) is 4.39 Å². The Bertz CT molecular complexity index is 751. The molecule has 4 nitrogen and oxygen atoms in total. The highest BCUT2D eigenvalue weighted by Gasteiger charge is 2.33. The Hall–Kier alpha value is -2.24. The highest BCUT2D eigenvalue weighted by atomic mass is 19.1. The van der Waals surface area contributed by atoms with Gasteiger partial charge in [-0.15, -0.1) is 0 Å². The van der Waals surface area contributed by atoms with Crippen LogP contribution in [0.5, 0.6) is 0 Å². The second-order valence-corrected chi connectivity index (χ2v) is 7.39. The van der Waals surface area contributed by atoms with Gasteiger partial charge in [0.15, 0.2) is 0 Å². The summed E-state index contributed by atoms with van der Waals surface area (Å²) in [4.78, 5) is 14.3. The van der Waals surface area contributed by atoms with Gasteiger partial charge in [0.25, 0.3) is 0 Å². The average Bonchev–Trinajstić information content (AvgIpc) is 2.66. The van der Waals surface area contributed by atoms with E-state index in [-0.39, 0.29) is 11.7 Å². The summed E-state index contributed by atoms with van der Waals surface area (Å²) in [6, 6.07) is 14.1. The van der Waals surface area contributed by atoms with Gasteiger partial charge in [0, 0.05) is 26.2 Å². The van der Waals surface area contributed by atoms with E-state index < -0.39 is 5.60 Å². The number of hydrogen-bond donors (Lipinski definition) is 2. The van der Waals surface area contributed by atoms with Crippen LogP contribution in [0.25, 0.3) is 0 Å². The molecule has 1 aliphatic heterocycles. The van der Waals surface area contributed by atoms with E-state index in [1.165, 1.54) is 17.7 Å². The van der Waals surface area contributed by atoms with Crippen molar-refractivity contribution in [1.29, 1.82) is 0 Å². The zero-order valence-electron chi connectivity index (χ0n) is 15.7. The number of hydrogen-bond acceptors (Lipinski definition) is 3. The van der Waals surface area contributed by atoms with Gasteiger partial charge in [0.2, 0.25) is 5.91 Å². The van der Waals surface area contributed by atoms with Crippen molar-refractivity contribution in [3.05, 3.63) is 71.0 Å². The number of carbonyl (C=O) groups is 1. The summed E-state index contributed by atoms with van der Waals surface area (Å²) in [5.74, 6) is -0.264. The van der Waals surface area contributed by atoms with E-state index in [1.54, 1.807) is 12.1 Å². The topological polar surface area (TPSA) is 52.6 Å². The van der Waals surface area contributed by atoms with Crippen LogP contribution in [0, 0.1) is 12.7 Å². The van der Waals surface area contributed by atoms with Crippen LogP contribution < -0.4 is 5.32 Å². The maximum Gasteiger partial charge on any atom is 0.224 e. The number of aryl methyl sites for hydroxylation is 1. The normalized spacial score (nSPS) is 16.9. The van der Waals surface area contributed by atoms with E-state index in [4.69, 9.17) is 0 Å². The largest absolute Gasteiger partial charge is 0.385 e. The van der Waals surface area contributed by atoms with Gasteiger partial charge >= 0.3 is 0 Å². The lowest BCUT2D eigenvalue weighted by Crippen LogP contribution is -2.45. The standard InChI is InChI=1S/C22H27FN2O2/c1-17-2-4-18(5-3-17)16-21(26)24-12-15-25-13-10-22(27,11-14-25)19-6-8-20(23)9-7-19/h2-9,27H,10-16H2,1H3,(H,24,26). The smallest absolute Gasteiger partial charge is 0.224 e. The van der Waals surface area contributed by atoms with Gasteiger partial charge in [0.05, 0.1) is 12.0 Å². The number of amides is 1. The number of nitrogens with zero attached hydrogens (tertiary/aromatic N) is 1. The lowest BCUT2D eigenvalue weighted by Gasteiger charge is -2.38. The molecular formula is C22H27FN2O2. The molecule has 1 saturated heterocycles. The lowest BCUT2D eigenvalue weighted by molar-refractivity contribution is -0.120. The van der Waals surface area contributed by atoms with E-state index in [9.17, 15) is 14.3 Å². The molecule has 144 valence electrons. The number of nitrogens with one attached hydrogen (secondary N) is 1. The van der Waals surface area contributed by atoms with Crippen LogP contribution >= 0.6 is 0 Å². The molecule has 3 rings (SSSR count). The van der Waals surface area contributed by atoms with E-state index in [0.29, 0.717) is 25.8 Å². The van der Waals surface area contributed by atoms with Crippen LogP contribution in [-0.4, -0.2) is 42.1 Å². The molecule has 0 atom stereocenters. The number of likely N-dealkylation sites (tertiary alicyclic amines) is 1. The third-order valence-corrected chi connectivity index (χ3v) is 5.30. The molecule has 1 heterocycles. The molecule has 0 bridgehead atoms. The number of piperidine rings is 1. The molecule has 5 heteroatoms. The third-order valence-electron chi connectivity index (χ3n) is 5.30. The molecule has 1 aliphatic rings. The fourth-order valence-corrected chi connectivity index (χ4v) is 3.50. The minimum Gasteiger partial charge on any atom is -0.385 e. The molecule has 2 N–H and O–H groups in total. The Morgan fingerprint density at radius 3 is 2.37 bits per heavy atom. The summed E-state index contributed by atoms with van der Waals surface area (Å²) in [6.07, 6.45) is 1.61. The van der Waals surface area contributed by atoms with E-state index in [1.807, 2.05) is 31.2 Å². The first-order valence-corrected chi connectivity index (χ1v) is 9.48. The fourth-order valence-electron chi connectivity index (χ4n) is 3.50. The highest BCUT2D eigenvalue weighted by Crippen LogP contribution is 2.32. The Morgan fingerprint density at radius 1 is 1.11 bits per heavy atom. The number of carbonyl (C=O) groups excluding carboxylic acids is 1.